The van der Waals surface area contributed by atoms with Crippen LogP contribution in [0.25, 0.3) is 0 Å². The highest BCUT2D eigenvalue weighted by Crippen LogP contribution is 2.60. The van der Waals surface area contributed by atoms with Gasteiger partial charge in [-0.15, -0.1) is 0 Å². The molecule has 0 amide bonds. The first-order valence-electron chi connectivity index (χ1n) is 16.8. The van der Waals surface area contributed by atoms with Crippen LogP contribution in [0.15, 0.2) is 0 Å². The molecule has 0 N–H and O–H groups in total. The lowest BCUT2D eigenvalue weighted by Gasteiger charge is -2.40. The fourth-order valence-corrected chi connectivity index (χ4v) is 3.14. The Morgan fingerprint density at radius 1 is 0.222 bits per heavy atom. The minimum Gasteiger partial charge on any atom is -0.438 e. The van der Waals surface area contributed by atoms with Gasteiger partial charge in [-0.3, -0.25) is 0 Å². The van der Waals surface area contributed by atoms with Crippen molar-refractivity contribution >= 4 is 36.9 Å². The van der Waals surface area contributed by atoms with Crippen molar-refractivity contribution in [2.45, 2.75) is 71.1 Å². The average Bonchev–Trinajstić information content (AvgIpc) is 3.28. The van der Waals surface area contributed by atoms with Crippen molar-refractivity contribution in [1.29, 1.82) is 0 Å². The fourth-order valence-electron chi connectivity index (χ4n) is 3.14. The topological polar surface area (TPSA) is 213 Å². The standard InChI is InChI=1S/C12H10F12O6.C10H10F8O6.C8H10F4O6/c1-27-5(25)29-3-7(13,14)9(17,18)11(21,22)12(23,24)10(19,20)8(15,16)4-30-6(26)28-2;1-21-5(19)23-3-7(11,12)9(15,16)10(17,18)8(13,14)4-24-6(20)22-2;1-15-5(13)17-3-7(9,10)8(11,12)4-18-6(14)16-2/h3-4H2,1-2H3;3-4H2,1-2H3;3-4H2,1-2H3. The first-order chi connectivity index (χ1) is 32.0. The highest BCUT2D eigenvalue weighted by Gasteiger charge is 2.90. The van der Waals surface area contributed by atoms with Gasteiger partial charge in [0.25, 0.3) is 0 Å². The highest BCUT2D eigenvalue weighted by atomic mass is 19.4. The second-order valence-electron chi connectivity index (χ2n) is 12.1. The van der Waals surface area contributed by atoms with Gasteiger partial charge in [0.1, 0.15) is 0 Å². The number of hydrogen-bond acceptors (Lipinski definition) is 18. The van der Waals surface area contributed by atoms with Crippen molar-refractivity contribution in [3.63, 3.8) is 0 Å². The third kappa shape index (κ3) is 16.8. The zero-order valence-electron chi connectivity index (χ0n) is 35.7. The van der Waals surface area contributed by atoms with Crippen molar-refractivity contribution in [2.24, 2.45) is 0 Å². The summed E-state index contributed by atoms with van der Waals surface area (Å²) >= 11 is 0. The third-order valence-corrected chi connectivity index (χ3v) is 7.18. The molecule has 0 aliphatic heterocycles. The molecule has 0 saturated heterocycles. The molecule has 18 nitrogen and oxygen atoms in total. The average molecular weight is 1130 g/mol. The van der Waals surface area contributed by atoms with Gasteiger partial charge in [0.05, 0.1) is 42.7 Å². The summed E-state index contributed by atoms with van der Waals surface area (Å²) in [4.78, 5) is 62.5. The van der Waals surface area contributed by atoms with Gasteiger partial charge in [-0.1, -0.05) is 0 Å². The predicted molar refractivity (Wildman–Crippen MR) is 170 cm³/mol. The number of halogens is 24. The lowest BCUT2D eigenvalue weighted by atomic mass is 9.91. The van der Waals surface area contributed by atoms with Crippen molar-refractivity contribution in [1.82, 2.24) is 0 Å². The van der Waals surface area contributed by atoms with Crippen LogP contribution in [0.2, 0.25) is 0 Å². The Balaban J connectivity index is -0.00000102. The van der Waals surface area contributed by atoms with E-state index in [1.165, 1.54) is 0 Å². The van der Waals surface area contributed by atoms with Crippen LogP contribution < -0.4 is 0 Å². The van der Waals surface area contributed by atoms with Crippen LogP contribution in [-0.2, 0) is 56.8 Å². The zero-order chi connectivity index (χ0) is 58.2. The first kappa shape index (κ1) is 70.2. The Morgan fingerprint density at radius 3 is 0.458 bits per heavy atom. The molecule has 0 unspecified atom stereocenters. The van der Waals surface area contributed by atoms with E-state index in [2.05, 4.69) is 56.8 Å². The smallest absolute Gasteiger partial charge is 0.438 e. The number of carbonyl (C=O) groups excluding carboxylic acids is 6. The molecule has 426 valence electrons. The Kier molecular flexibility index (Phi) is 24.9. The van der Waals surface area contributed by atoms with Gasteiger partial charge in [-0.25, -0.2) is 28.8 Å². The summed E-state index contributed by atoms with van der Waals surface area (Å²) in [6.07, 6.45) is -11.3. The second kappa shape index (κ2) is 25.5. The van der Waals surface area contributed by atoms with E-state index < -0.39 is 148 Å². The van der Waals surface area contributed by atoms with Gasteiger partial charge < -0.3 is 56.8 Å². The van der Waals surface area contributed by atoms with Crippen LogP contribution in [0, 0.1) is 0 Å². The number of alkyl halides is 24. The van der Waals surface area contributed by atoms with Crippen LogP contribution in [0.3, 0.4) is 0 Å². The molecular weight excluding hydrogens is 1100 g/mol. The lowest BCUT2D eigenvalue weighted by molar-refractivity contribution is -0.428. The molecule has 0 radical (unpaired) electrons. The molecule has 0 aromatic carbocycles. The van der Waals surface area contributed by atoms with Gasteiger partial charge >= 0.3 is 108 Å². The van der Waals surface area contributed by atoms with E-state index in [4.69, 9.17) is 0 Å². The maximum Gasteiger partial charge on any atom is 0.508 e. The number of rotatable bonds is 21. The van der Waals surface area contributed by atoms with E-state index in [0.717, 1.165) is 14.2 Å². The summed E-state index contributed by atoms with van der Waals surface area (Å²) < 4.78 is 361. The molecule has 0 heterocycles. The van der Waals surface area contributed by atoms with E-state index in [1.807, 2.05) is 0 Å². The largest absolute Gasteiger partial charge is 0.508 e. The number of carbonyl (C=O) groups is 6. The molecular formula is C30H30F24O18. The molecule has 0 aromatic heterocycles. The summed E-state index contributed by atoms with van der Waals surface area (Å²) in [6.45, 7) is -15.3. The number of hydrogen-bond donors (Lipinski definition) is 0. The molecule has 0 saturated carbocycles. The van der Waals surface area contributed by atoms with Gasteiger partial charge in [-0.05, 0) is 0 Å². The number of ether oxygens (including phenoxy) is 12. The quantitative estimate of drug-likeness (QED) is 0.0595. The maximum atomic E-state index is 13.5. The van der Waals surface area contributed by atoms with Gasteiger partial charge in [0.15, 0.2) is 39.6 Å². The monoisotopic (exact) mass is 1130 g/mol. The molecule has 0 bridgehead atoms. The second-order valence-corrected chi connectivity index (χ2v) is 12.1. The molecule has 0 aliphatic rings. The Morgan fingerprint density at radius 2 is 0.333 bits per heavy atom. The zero-order valence-corrected chi connectivity index (χ0v) is 35.7. The number of methoxy groups -OCH3 is 6. The SMILES string of the molecule is COC(=O)OCC(F)(F)C(F)(F)C(F)(F)C(F)(F)C(F)(F)C(F)(F)COC(=O)OC.COC(=O)OCC(F)(F)C(F)(F)C(F)(F)C(F)(F)COC(=O)OC.COC(=O)OCC(F)(F)C(F)(F)COC(=O)OC. The highest BCUT2D eigenvalue weighted by molar-refractivity contribution is 5.61. The molecule has 0 spiro atoms. The molecule has 0 rings (SSSR count). The van der Waals surface area contributed by atoms with Crippen molar-refractivity contribution in [3.8, 4) is 0 Å². The Hall–Kier alpha value is -6.06. The van der Waals surface area contributed by atoms with E-state index in [-0.39, 0.29) is 0 Å². The van der Waals surface area contributed by atoms with E-state index in [0.29, 0.717) is 28.4 Å². The summed E-state index contributed by atoms with van der Waals surface area (Å²) in [5.74, 6) is -78.2. The van der Waals surface area contributed by atoms with Gasteiger partial charge in [0.2, 0.25) is 0 Å². The maximum absolute atomic E-state index is 13.5. The summed E-state index contributed by atoms with van der Waals surface area (Å²) in [7, 11) is 3.68. The molecule has 0 aromatic rings. The molecule has 42 heteroatoms. The van der Waals surface area contributed by atoms with Gasteiger partial charge in [-0.2, -0.15) is 105 Å². The van der Waals surface area contributed by atoms with Crippen LogP contribution in [0.5, 0.6) is 0 Å². The summed E-state index contributed by atoms with van der Waals surface area (Å²) in [6, 6.07) is 0. The molecule has 0 aliphatic carbocycles. The normalized spacial score (nSPS) is 13.2. The third-order valence-electron chi connectivity index (χ3n) is 7.18. The molecule has 0 fully saturated rings. The van der Waals surface area contributed by atoms with E-state index in [1.54, 1.807) is 0 Å². The van der Waals surface area contributed by atoms with Crippen LogP contribution in [0.4, 0.5) is 134 Å². The first-order valence-corrected chi connectivity index (χ1v) is 16.8. The van der Waals surface area contributed by atoms with Crippen LogP contribution in [-0.4, -0.2) is 190 Å². The summed E-state index contributed by atoms with van der Waals surface area (Å²) in [5, 5.41) is 0. The summed E-state index contributed by atoms with van der Waals surface area (Å²) in [5.41, 5.74) is 0. The van der Waals surface area contributed by atoms with Crippen LogP contribution >= 0.6 is 0 Å². The Labute approximate surface area is 382 Å². The predicted octanol–water partition coefficient (Wildman–Crippen LogP) is 9.28. The van der Waals surface area contributed by atoms with E-state index >= 15 is 0 Å². The molecule has 0 atom stereocenters. The Bertz CT molecular complexity index is 1670. The minimum absolute atomic E-state index is 0.431. The van der Waals surface area contributed by atoms with Crippen molar-refractivity contribution < 1.29 is 191 Å². The van der Waals surface area contributed by atoms with Gasteiger partial charge in [0, 0.05) is 0 Å². The van der Waals surface area contributed by atoms with Crippen molar-refractivity contribution in [2.75, 3.05) is 82.3 Å². The fraction of sp³-hybridized carbons (Fsp3) is 0.800. The van der Waals surface area contributed by atoms with Crippen molar-refractivity contribution in [3.05, 3.63) is 0 Å². The van der Waals surface area contributed by atoms with E-state index in [9.17, 15) is 134 Å². The lowest BCUT2D eigenvalue weighted by Crippen LogP contribution is -2.71. The minimum atomic E-state index is -7.86. The molecule has 72 heavy (non-hydrogen) atoms. The van der Waals surface area contributed by atoms with Crippen LogP contribution in [0.1, 0.15) is 0 Å².